The van der Waals surface area contributed by atoms with Crippen LogP contribution in [0.5, 0.6) is 5.75 Å². The molecule has 0 spiro atoms. The molecular weight excluding hydrogens is 645 g/mol. The molecule has 4 amide bonds. The number of nitrogens with one attached hydrogen (secondary N) is 1. The third-order valence-electron chi connectivity index (χ3n) is 10.8. The fraction of sp³-hybridized carbons (Fsp3) is 0.231. The first-order valence-electron chi connectivity index (χ1n) is 16.2. The molecule has 4 aliphatic rings. The van der Waals surface area contributed by atoms with Crippen LogP contribution in [0, 0.1) is 29.5 Å². The molecule has 0 aromatic heterocycles. The van der Waals surface area contributed by atoms with E-state index in [4.69, 9.17) is 11.6 Å². The number of halogens is 2. The molecule has 6 atom stereocenters. The number of anilines is 1. The molecule has 3 fully saturated rings. The molecule has 8 rings (SSSR count). The van der Waals surface area contributed by atoms with Gasteiger partial charge in [0, 0.05) is 16.5 Å². The van der Waals surface area contributed by atoms with E-state index in [1.165, 1.54) is 35.2 Å². The van der Waals surface area contributed by atoms with Crippen LogP contribution in [0.2, 0.25) is 5.02 Å². The summed E-state index contributed by atoms with van der Waals surface area (Å²) in [6.45, 7) is 0.140. The van der Waals surface area contributed by atoms with Crippen LogP contribution in [-0.4, -0.2) is 38.6 Å². The first-order valence-corrected chi connectivity index (χ1v) is 16.6. The highest BCUT2D eigenvalue weighted by Gasteiger charge is 2.70. The second-order valence-electron chi connectivity index (χ2n) is 13.2. The molecule has 0 unspecified atom stereocenters. The first-order chi connectivity index (χ1) is 23.7. The van der Waals surface area contributed by atoms with Crippen LogP contribution in [0.1, 0.15) is 35.4 Å². The number of amides is 4. The third-order valence-corrected chi connectivity index (χ3v) is 11.0. The van der Waals surface area contributed by atoms with Crippen molar-refractivity contribution in [2.24, 2.45) is 23.7 Å². The molecule has 2 saturated heterocycles. The number of imide groups is 2. The van der Waals surface area contributed by atoms with Gasteiger partial charge in [0.15, 0.2) is 0 Å². The first kappa shape index (κ1) is 31.0. The average molecular weight is 676 g/mol. The Kier molecular flexibility index (Phi) is 7.41. The molecule has 2 aliphatic carbocycles. The second-order valence-corrected chi connectivity index (χ2v) is 13.6. The molecule has 2 N–H and O–H groups in total. The normalized spacial score (nSPS) is 27.5. The van der Waals surface area contributed by atoms with Gasteiger partial charge in [0.1, 0.15) is 11.6 Å². The Morgan fingerprint density at radius 2 is 1.51 bits per heavy atom. The SMILES string of the molecule is O=C1[C@H]2[C@H](CC=C3[C@H]2C[C@H]2C(=O)N(Nc4ccc(F)cc4)C(=O)[C@@]2(c2ccc(Cl)cc2)[C@H]3c2ccccc2O)C(=O)N1Cc1ccccc1. The minimum absolute atomic E-state index is 0.0621. The van der Waals surface area contributed by atoms with Crippen LogP contribution in [0.25, 0.3) is 0 Å². The number of benzene rings is 4. The van der Waals surface area contributed by atoms with Gasteiger partial charge in [-0.3, -0.25) is 29.5 Å². The lowest BCUT2D eigenvalue weighted by Crippen LogP contribution is -2.53. The fourth-order valence-electron chi connectivity index (χ4n) is 8.72. The van der Waals surface area contributed by atoms with Gasteiger partial charge in [-0.1, -0.05) is 83.9 Å². The summed E-state index contributed by atoms with van der Waals surface area (Å²) in [6.07, 6.45) is 2.34. The van der Waals surface area contributed by atoms with E-state index in [0.717, 1.165) is 16.1 Å². The highest BCUT2D eigenvalue weighted by molar-refractivity contribution is 6.30. The van der Waals surface area contributed by atoms with Gasteiger partial charge in [-0.2, -0.15) is 5.01 Å². The van der Waals surface area contributed by atoms with Crippen molar-refractivity contribution < 1.29 is 28.7 Å². The Balaban J connectivity index is 1.30. The largest absolute Gasteiger partial charge is 0.508 e. The van der Waals surface area contributed by atoms with E-state index in [1.807, 2.05) is 36.4 Å². The minimum atomic E-state index is -1.56. The van der Waals surface area contributed by atoms with Gasteiger partial charge in [0.05, 0.1) is 35.4 Å². The number of hydrogen-bond donors (Lipinski definition) is 2. The molecule has 2 aliphatic heterocycles. The Morgan fingerprint density at radius 3 is 2.22 bits per heavy atom. The zero-order valence-electron chi connectivity index (χ0n) is 26.1. The van der Waals surface area contributed by atoms with E-state index < -0.39 is 52.6 Å². The van der Waals surface area contributed by atoms with Gasteiger partial charge in [-0.15, -0.1) is 0 Å². The zero-order chi connectivity index (χ0) is 34.0. The highest BCUT2D eigenvalue weighted by Crippen LogP contribution is 2.64. The smallest absolute Gasteiger partial charge is 0.260 e. The number of para-hydroxylation sites is 1. The lowest BCUT2D eigenvalue weighted by Gasteiger charge is -2.50. The number of phenols is 1. The molecule has 0 bridgehead atoms. The van der Waals surface area contributed by atoms with Crippen molar-refractivity contribution in [3.63, 3.8) is 0 Å². The zero-order valence-corrected chi connectivity index (χ0v) is 26.9. The fourth-order valence-corrected chi connectivity index (χ4v) is 8.84. The summed E-state index contributed by atoms with van der Waals surface area (Å²) in [7, 11) is 0. The van der Waals surface area contributed by atoms with Gasteiger partial charge >= 0.3 is 0 Å². The molecule has 0 radical (unpaired) electrons. The summed E-state index contributed by atoms with van der Waals surface area (Å²) < 4.78 is 13.8. The quantitative estimate of drug-likeness (QED) is 0.182. The van der Waals surface area contributed by atoms with Crippen molar-refractivity contribution in [3.05, 3.63) is 142 Å². The molecular formula is C39H31ClFN3O5. The Bertz CT molecular complexity index is 2040. The van der Waals surface area contributed by atoms with Gasteiger partial charge < -0.3 is 5.11 Å². The lowest BCUT2D eigenvalue weighted by molar-refractivity contribution is -0.142. The minimum Gasteiger partial charge on any atom is -0.508 e. The Morgan fingerprint density at radius 1 is 0.816 bits per heavy atom. The van der Waals surface area contributed by atoms with Crippen LogP contribution in [-0.2, 0) is 31.1 Å². The number of carbonyl (C=O) groups is 4. The maximum Gasteiger partial charge on any atom is 0.260 e. The van der Waals surface area contributed by atoms with Crippen molar-refractivity contribution >= 4 is 40.9 Å². The predicted molar refractivity (Wildman–Crippen MR) is 179 cm³/mol. The number of allylic oxidation sites excluding steroid dienone is 2. The van der Waals surface area contributed by atoms with E-state index in [0.29, 0.717) is 21.8 Å². The summed E-state index contributed by atoms with van der Waals surface area (Å²) >= 11 is 6.33. The number of hydrogen-bond acceptors (Lipinski definition) is 6. The maximum atomic E-state index is 15.1. The van der Waals surface area contributed by atoms with Gasteiger partial charge in [0.25, 0.3) is 11.8 Å². The maximum absolute atomic E-state index is 15.1. The topological polar surface area (TPSA) is 107 Å². The summed E-state index contributed by atoms with van der Waals surface area (Å²) in [4.78, 5) is 59.2. The number of rotatable bonds is 6. The van der Waals surface area contributed by atoms with E-state index >= 15 is 4.79 Å². The lowest BCUT2D eigenvalue weighted by atomic mass is 9.49. The number of phenolic OH excluding ortho intramolecular Hbond substituents is 1. The van der Waals surface area contributed by atoms with E-state index in [1.54, 1.807) is 42.5 Å². The summed E-state index contributed by atoms with van der Waals surface area (Å²) in [6, 6.07) is 28.1. The van der Waals surface area contributed by atoms with E-state index in [-0.39, 0.29) is 37.0 Å². The van der Waals surface area contributed by atoms with E-state index in [9.17, 15) is 23.9 Å². The number of carbonyl (C=O) groups excluding carboxylic acids is 4. The average Bonchev–Trinajstić information content (AvgIpc) is 3.47. The van der Waals surface area contributed by atoms with Crippen molar-refractivity contribution in [2.75, 3.05) is 5.43 Å². The van der Waals surface area contributed by atoms with Crippen molar-refractivity contribution in [2.45, 2.75) is 30.7 Å². The summed E-state index contributed by atoms with van der Waals surface area (Å²) in [5.74, 6) is -5.95. The monoisotopic (exact) mass is 675 g/mol. The number of aromatic hydroxyl groups is 1. The van der Waals surface area contributed by atoms with Crippen molar-refractivity contribution in [1.29, 1.82) is 0 Å². The molecule has 246 valence electrons. The molecule has 49 heavy (non-hydrogen) atoms. The third kappa shape index (κ3) is 4.70. The number of hydrazine groups is 1. The van der Waals surface area contributed by atoms with Gasteiger partial charge in [-0.05, 0) is 72.4 Å². The van der Waals surface area contributed by atoms with Gasteiger partial charge in [-0.25, -0.2) is 4.39 Å². The van der Waals surface area contributed by atoms with Crippen molar-refractivity contribution in [3.8, 4) is 5.75 Å². The summed E-state index contributed by atoms with van der Waals surface area (Å²) in [5, 5.41) is 12.8. The second kappa shape index (κ2) is 11.7. The number of likely N-dealkylation sites (tertiary alicyclic amines) is 1. The van der Waals surface area contributed by atoms with Crippen LogP contribution in [0.4, 0.5) is 10.1 Å². The molecule has 1 saturated carbocycles. The molecule has 4 aromatic rings. The number of fused-ring (bicyclic) bond motifs is 4. The highest BCUT2D eigenvalue weighted by atomic mass is 35.5. The Hall–Kier alpha value is -5.28. The molecule has 8 nitrogen and oxygen atoms in total. The number of nitrogens with zero attached hydrogens (tertiary/aromatic N) is 2. The molecule has 10 heteroatoms. The van der Waals surface area contributed by atoms with Crippen LogP contribution in [0.15, 0.2) is 115 Å². The van der Waals surface area contributed by atoms with E-state index in [2.05, 4.69) is 5.43 Å². The van der Waals surface area contributed by atoms with Crippen LogP contribution >= 0.6 is 11.6 Å². The molecule has 2 heterocycles. The summed E-state index contributed by atoms with van der Waals surface area (Å²) in [5.41, 5.74) is 4.22. The Labute approximate surface area is 286 Å². The van der Waals surface area contributed by atoms with Crippen molar-refractivity contribution in [1.82, 2.24) is 9.91 Å². The molecule has 4 aromatic carbocycles. The standard InChI is InChI=1S/C39H31ClFN3O5/c40-24-12-10-23(11-13-24)39-31(36(47)44(38(39)49)42-26-16-14-25(41)15-17-26)20-30-27(34(39)28-8-4-5-9-32(28)45)18-19-29-33(30)37(48)43(35(29)46)21-22-6-2-1-3-7-22/h1-18,29-31,33-34,42,45H,19-21H2/t29-,30+,31-,33-,34+,39+/m0/s1. The van der Waals surface area contributed by atoms with Gasteiger partial charge in [0.2, 0.25) is 11.8 Å². The van der Waals surface area contributed by atoms with Crippen LogP contribution in [0.3, 0.4) is 0 Å². The van der Waals surface area contributed by atoms with Crippen LogP contribution < -0.4 is 5.43 Å². The predicted octanol–water partition coefficient (Wildman–Crippen LogP) is 6.37.